The van der Waals surface area contributed by atoms with Gasteiger partial charge in [-0.05, 0) is 13.8 Å². The Balaban J connectivity index is 2.57. The molecule has 1 N–H and O–H groups in total. The number of alkyl halides is 3. The van der Waals surface area contributed by atoms with E-state index in [0.717, 1.165) is 11.4 Å². The van der Waals surface area contributed by atoms with Gasteiger partial charge in [-0.15, -0.1) is 0 Å². The van der Waals surface area contributed by atoms with Gasteiger partial charge in [-0.1, -0.05) is 0 Å². The molecule has 0 amide bonds. The van der Waals surface area contributed by atoms with E-state index in [4.69, 9.17) is 9.84 Å². The summed E-state index contributed by atoms with van der Waals surface area (Å²) in [4.78, 5) is 13.6. The Bertz CT molecular complexity index is 324. The molecule has 5 nitrogen and oxygen atoms in total. The molecule has 0 aliphatic carbocycles. The summed E-state index contributed by atoms with van der Waals surface area (Å²) in [7, 11) is 0. The third-order valence-corrected chi connectivity index (χ3v) is 3.12. The van der Waals surface area contributed by atoms with Crippen LogP contribution < -0.4 is 0 Å². The predicted octanol–water partition coefficient (Wildman–Crippen LogP) is 1.04. The molecule has 8 heteroatoms. The zero-order valence-electron chi connectivity index (χ0n) is 11.7. The Morgan fingerprint density at radius 1 is 1.50 bits per heavy atom. The number of carbonyl (C=O) groups is 1. The smallest absolute Gasteiger partial charge is 0.401 e. The summed E-state index contributed by atoms with van der Waals surface area (Å²) in [5, 5.41) is 8.69. The topological polar surface area (TPSA) is 53.0 Å². The van der Waals surface area contributed by atoms with Crippen LogP contribution in [0.1, 0.15) is 13.8 Å². The van der Waals surface area contributed by atoms with Crippen LogP contribution in [0.15, 0.2) is 0 Å². The molecule has 1 aliphatic heterocycles. The van der Waals surface area contributed by atoms with Crippen molar-refractivity contribution in [2.24, 2.45) is 0 Å². The van der Waals surface area contributed by atoms with Crippen LogP contribution in [0.25, 0.3) is 0 Å². The standard InChI is InChI=1S/C12H21F3N2O3/c1-9(2)17-3-4-20-10(6-17)5-16(7-11(18)19)8-12(13,14)15/h9-10H,3-8H2,1-2H3,(H,18,19). The average molecular weight is 298 g/mol. The summed E-state index contributed by atoms with van der Waals surface area (Å²) < 4.78 is 42.7. The van der Waals surface area contributed by atoms with Gasteiger partial charge in [0.25, 0.3) is 0 Å². The monoisotopic (exact) mass is 298 g/mol. The molecule has 1 rings (SSSR count). The van der Waals surface area contributed by atoms with Gasteiger partial charge >= 0.3 is 12.1 Å². The van der Waals surface area contributed by atoms with Crippen LogP contribution in [0, 0.1) is 0 Å². The van der Waals surface area contributed by atoms with Crippen molar-refractivity contribution < 1.29 is 27.8 Å². The summed E-state index contributed by atoms with van der Waals surface area (Å²) in [6.07, 6.45) is -4.81. The number of carboxylic acid groups (broad SMARTS) is 1. The third-order valence-electron chi connectivity index (χ3n) is 3.12. The van der Waals surface area contributed by atoms with E-state index in [1.807, 2.05) is 13.8 Å². The molecular weight excluding hydrogens is 277 g/mol. The molecule has 1 fully saturated rings. The van der Waals surface area contributed by atoms with Crippen molar-refractivity contribution in [2.75, 3.05) is 39.3 Å². The quantitative estimate of drug-likeness (QED) is 0.794. The molecule has 0 spiro atoms. The van der Waals surface area contributed by atoms with Gasteiger partial charge in [-0.25, -0.2) is 0 Å². The number of hydrogen-bond donors (Lipinski definition) is 1. The van der Waals surface area contributed by atoms with Crippen LogP contribution in [-0.2, 0) is 9.53 Å². The highest BCUT2D eigenvalue weighted by Gasteiger charge is 2.33. The minimum absolute atomic E-state index is 0.0327. The minimum Gasteiger partial charge on any atom is -0.480 e. The van der Waals surface area contributed by atoms with E-state index >= 15 is 0 Å². The van der Waals surface area contributed by atoms with E-state index in [-0.39, 0.29) is 12.6 Å². The van der Waals surface area contributed by atoms with Gasteiger partial charge in [0.2, 0.25) is 0 Å². The lowest BCUT2D eigenvalue weighted by molar-refractivity contribution is -0.159. The molecule has 20 heavy (non-hydrogen) atoms. The Labute approximate surface area is 116 Å². The summed E-state index contributed by atoms with van der Waals surface area (Å²) >= 11 is 0. The zero-order chi connectivity index (χ0) is 15.3. The van der Waals surface area contributed by atoms with Gasteiger partial charge in [0.05, 0.1) is 25.8 Å². The van der Waals surface area contributed by atoms with Gasteiger partial charge in [-0.2, -0.15) is 13.2 Å². The van der Waals surface area contributed by atoms with E-state index < -0.39 is 31.3 Å². The van der Waals surface area contributed by atoms with Gasteiger partial charge in [0, 0.05) is 25.7 Å². The second-order valence-corrected chi connectivity index (χ2v) is 5.26. The molecule has 0 bridgehead atoms. The number of ether oxygens (including phenoxy) is 1. The van der Waals surface area contributed by atoms with Crippen LogP contribution in [0.2, 0.25) is 0 Å². The number of halogens is 3. The maximum Gasteiger partial charge on any atom is 0.401 e. The van der Waals surface area contributed by atoms with Crippen molar-refractivity contribution in [3.63, 3.8) is 0 Å². The second kappa shape index (κ2) is 7.24. The number of aliphatic carboxylic acids is 1. The van der Waals surface area contributed by atoms with E-state index in [2.05, 4.69) is 4.90 Å². The van der Waals surface area contributed by atoms with Gasteiger partial charge in [0.1, 0.15) is 0 Å². The van der Waals surface area contributed by atoms with Gasteiger partial charge in [0.15, 0.2) is 0 Å². The molecule has 1 atom stereocenters. The fourth-order valence-corrected chi connectivity index (χ4v) is 2.24. The molecule has 0 aromatic carbocycles. The van der Waals surface area contributed by atoms with Crippen molar-refractivity contribution in [1.82, 2.24) is 9.80 Å². The largest absolute Gasteiger partial charge is 0.480 e. The molecule has 1 aliphatic rings. The zero-order valence-corrected chi connectivity index (χ0v) is 11.7. The van der Waals surface area contributed by atoms with E-state index in [0.29, 0.717) is 13.2 Å². The Morgan fingerprint density at radius 2 is 2.15 bits per heavy atom. The Kier molecular flexibility index (Phi) is 6.22. The first-order chi connectivity index (χ1) is 9.17. The van der Waals surface area contributed by atoms with Crippen molar-refractivity contribution in [3.05, 3.63) is 0 Å². The molecular formula is C12H21F3N2O3. The molecule has 0 saturated carbocycles. The van der Waals surface area contributed by atoms with Crippen LogP contribution in [0.5, 0.6) is 0 Å². The number of morpholine rings is 1. The lowest BCUT2D eigenvalue weighted by Gasteiger charge is -2.37. The number of hydrogen-bond acceptors (Lipinski definition) is 4. The molecule has 0 radical (unpaired) electrons. The van der Waals surface area contributed by atoms with Crippen molar-refractivity contribution in [2.45, 2.75) is 32.2 Å². The van der Waals surface area contributed by atoms with E-state index in [1.54, 1.807) is 0 Å². The van der Waals surface area contributed by atoms with E-state index in [1.165, 1.54) is 0 Å². The first kappa shape index (κ1) is 17.2. The molecule has 0 aromatic heterocycles. The number of nitrogens with zero attached hydrogens (tertiary/aromatic N) is 2. The lowest BCUT2D eigenvalue weighted by atomic mass is 10.2. The Hall–Kier alpha value is -0.860. The van der Waals surface area contributed by atoms with Gasteiger partial charge in [-0.3, -0.25) is 14.6 Å². The average Bonchev–Trinajstić information content (AvgIpc) is 2.25. The van der Waals surface area contributed by atoms with Crippen molar-refractivity contribution >= 4 is 5.97 Å². The highest BCUT2D eigenvalue weighted by molar-refractivity contribution is 5.69. The summed E-state index contributed by atoms with van der Waals surface area (Å²) in [6.45, 7) is 3.82. The summed E-state index contributed by atoms with van der Waals surface area (Å²) in [6, 6.07) is 0.289. The van der Waals surface area contributed by atoms with E-state index in [9.17, 15) is 18.0 Å². The Morgan fingerprint density at radius 3 is 2.65 bits per heavy atom. The second-order valence-electron chi connectivity index (χ2n) is 5.26. The maximum atomic E-state index is 12.4. The fourth-order valence-electron chi connectivity index (χ4n) is 2.24. The van der Waals surface area contributed by atoms with Crippen LogP contribution in [-0.4, -0.2) is 78.5 Å². The molecule has 1 unspecified atom stereocenters. The van der Waals surface area contributed by atoms with Gasteiger partial charge < -0.3 is 9.84 Å². The normalized spacial score (nSPS) is 21.6. The first-order valence-electron chi connectivity index (χ1n) is 6.54. The lowest BCUT2D eigenvalue weighted by Crippen LogP contribution is -2.51. The molecule has 1 saturated heterocycles. The van der Waals surface area contributed by atoms with Crippen molar-refractivity contribution in [1.29, 1.82) is 0 Å². The van der Waals surface area contributed by atoms with Crippen molar-refractivity contribution in [3.8, 4) is 0 Å². The molecule has 118 valence electrons. The maximum absolute atomic E-state index is 12.4. The number of carboxylic acids is 1. The third kappa shape index (κ3) is 6.53. The number of rotatable bonds is 6. The first-order valence-corrected chi connectivity index (χ1v) is 6.54. The minimum atomic E-state index is -4.41. The SMILES string of the molecule is CC(C)N1CCOC(CN(CC(=O)O)CC(F)(F)F)C1. The van der Waals surface area contributed by atoms with Crippen LogP contribution >= 0.6 is 0 Å². The predicted molar refractivity (Wildman–Crippen MR) is 66.6 cm³/mol. The van der Waals surface area contributed by atoms with Crippen LogP contribution in [0.4, 0.5) is 13.2 Å². The molecule has 1 heterocycles. The van der Waals surface area contributed by atoms with Crippen LogP contribution in [0.3, 0.4) is 0 Å². The highest BCUT2D eigenvalue weighted by Crippen LogP contribution is 2.18. The molecule has 0 aromatic rings. The summed E-state index contributed by atoms with van der Waals surface area (Å²) in [5.41, 5.74) is 0. The fraction of sp³-hybridized carbons (Fsp3) is 0.917. The highest BCUT2D eigenvalue weighted by atomic mass is 19.4. The summed E-state index contributed by atoms with van der Waals surface area (Å²) in [5.74, 6) is -1.27.